The van der Waals surface area contributed by atoms with Gasteiger partial charge in [0.05, 0.1) is 25.8 Å². The Bertz CT molecular complexity index is 630. The van der Waals surface area contributed by atoms with Crippen LogP contribution < -0.4 is 0 Å². The van der Waals surface area contributed by atoms with E-state index in [0.29, 0.717) is 25.5 Å². The van der Waals surface area contributed by atoms with Crippen LogP contribution in [0.1, 0.15) is 5.89 Å². The number of hydrogen-bond acceptors (Lipinski definition) is 3. The predicted molar refractivity (Wildman–Crippen MR) is 82.6 cm³/mol. The summed E-state index contributed by atoms with van der Waals surface area (Å²) in [5.41, 5.74) is 0.979. The largest absolute Gasteiger partial charge is 0.439 e. The van der Waals surface area contributed by atoms with Gasteiger partial charge in [0, 0.05) is 10.0 Å². The minimum Gasteiger partial charge on any atom is -0.439 e. The first-order chi connectivity index (χ1) is 9.72. The van der Waals surface area contributed by atoms with Crippen LogP contribution in [0.2, 0.25) is 0 Å². The van der Waals surface area contributed by atoms with Crippen molar-refractivity contribution in [2.45, 2.75) is 6.54 Å². The number of benzene rings is 1. The summed E-state index contributed by atoms with van der Waals surface area (Å²) in [6.07, 6.45) is 12.3. The molecule has 100 valence electrons. The zero-order valence-corrected chi connectivity index (χ0v) is 12.4. The fourth-order valence-electron chi connectivity index (χ4n) is 1.75. The van der Waals surface area contributed by atoms with Crippen molar-refractivity contribution in [3.8, 4) is 36.0 Å². The van der Waals surface area contributed by atoms with Gasteiger partial charge in [0.1, 0.15) is 0 Å². The van der Waals surface area contributed by atoms with Crippen molar-refractivity contribution in [3.63, 3.8) is 0 Å². The second kappa shape index (κ2) is 6.96. The molecule has 0 saturated heterocycles. The highest BCUT2D eigenvalue weighted by atomic mass is 79.9. The predicted octanol–water partition coefficient (Wildman–Crippen LogP) is 3.17. The van der Waals surface area contributed by atoms with E-state index in [1.165, 1.54) is 0 Å². The van der Waals surface area contributed by atoms with Gasteiger partial charge in [-0.2, -0.15) is 0 Å². The van der Waals surface area contributed by atoms with Crippen LogP contribution in [0, 0.1) is 24.7 Å². The summed E-state index contributed by atoms with van der Waals surface area (Å²) in [5.74, 6) is 6.48. The molecule has 1 aromatic heterocycles. The molecule has 1 heterocycles. The number of aromatic nitrogens is 1. The van der Waals surface area contributed by atoms with Gasteiger partial charge in [0.2, 0.25) is 5.89 Å². The zero-order valence-electron chi connectivity index (χ0n) is 10.8. The normalized spacial score (nSPS) is 10.2. The third-order valence-electron chi connectivity index (χ3n) is 2.67. The average Bonchev–Trinajstić information content (AvgIpc) is 2.89. The number of hydrogen-bond donors (Lipinski definition) is 0. The van der Waals surface area contributed by atoms with E-state index in [2.05, 4.69) is 32.8 Å². The molecule has 2 rings (SSSR count). The number of rotatable bonds is 5. The third-order valence-corrected chi connectivity index (χ3v) is 3.20. The van der Waals surface area contributed by atoms with Crippen LogP contribution in [-0.4, -0.2) is 23.0 Å². The van der Waals surface area contributed by atoms with Crippen molar-refractivity contribution in [2.24, 2.45) is 0 Å². The van der Waals surface area contributed by atoms with E-state index in [0.717, 1.165) is 15.8 Å². The third kappa shape index (κ3) is 3.74. The Hall–Kier alpha value is -2.01. The first-order valence-corrected chi connectivity index (χ1v) is 6.82. The molecule has 1 aromatic carbocycles. The van der Waals surface area contributed by atoms with Gasteiger partial charge in [-0.3, -0.25) is 4.90 Å². The number of nitrogens with zero attached hydrogens (tertiary/aromatic N) is 2. The van der Waals surface area contributed by atoms with E-state index < -0.39 is 0 Å². The monoisotopic (exact) mass is 328 g/mol. The van der Waals surface area contributed by atoms with Gasteiger partial charge >= 0.3 is 0 Å². The van der Waals surface area contributed by atoms with Crippen molar-refractivity contribution in [1.29, 1.82) is 0 Å². The second-order valence-electron chi connectivity index (χ2n) is 4.18. The molecule has 0 fully saturated rings. The lowest BCUT2D eigenvalue weighted by Crippen LogP contribution is -2.24. The molecule has 0 atom stereocenters. The summed E-state index contributed by atoms with van der Waals surface area (Å²) < 4.78 is 6.75. The van der Waals surface area contributed by atoms with E-state index in [1.807, 2.05) is 29.2 Å². The van der Waals surface area contributed by atoms with Gasteiger partial charge in [-0.1, -0.05) is 39.9 Å². The number of oxazole rings is 1. The van der Waals surface area contributed by atoms with Crippen LogP contribution in [0.15, 0.2) is 39.4 Å². The SMILES string of the molecule is C#CCN(CC#C)Cc1ncc(-c2ccc(Br)cc2)o1. The smallest absolute Gasteiger partial charge is 0.209 e. The Balaban J connectivity index is 2.11. The number of terminal acetylenes is 2. The zero-order chi connectivity index (χ0) is 14.4. The maximum atomic E-state index is 5.73. The second-order valence-corrected chi connectivity index (χ2v) is 5.09. The minimum absolute atomic E-state index is 0.472. The Morgan fingerprint density at radius 3 is 2.40 bits per heavy atom. The fourth-order valence-corrected chi connectivity index (χ4v) is 2.01. The first-order valence-electron chi connectivity index (χ1n) is 6.03. The quantitative estimate of drug-likeness (QED) is 0.789. The molecule has 0 aliphatic heterocycles. The van der Waals surface area contributed by atoms with E-state index in [1.54, 1.807) is 6.20 Å². The molecule has 0 bridgehead atoms. The van der Waals surface area contributed by atoms with Crippen LogP contribution in [0.3, 0.4) is 0 Å². The molecular formula is C16H13BrN2O. The van der Waals surface area contributed by atoms with Crippen LogP contribution in [0.5, 0.6) is 0 Å². The van der Waals surface area contributed by atoms with Crippen molar-refractivity contribution >= 4 is 15.9 Å². The Morgan fingerprint density at radius 1 is 1.15 bits per heavy atom. The molecule has 0 saturated carbocycles. The summed E-state index contributed by atoms with van der Waals surface area (Å²) in [4.78, 5) is 6.18. The van der Waals surface area contributed by atoms with Gasteiger partial charge < -0.3 is 4.42 Å². The molecule has 0 radical (unpaired) electrons. The standard InChI is InChI=1S/C16H13BrN2O/c1-3-9-19(10-4-2)12-16-18-11-15(20-16)13-5-7-14(17)8-6-13/h1-2,5-8,11H,9-10,12H2. The Kier molecular flexibility index (Phi) is 5.01. The molecule has 20 heavy (non-hydrogen) atoms. The van der Waals surface area contributed by atoms with Gasteiger partial charge in [0.25, 0.3) is 0 Å². The van der Waals surface area contributed by atoms with Gasteiger partial charge in [-0.25, -0.2) is 4.98 Å². The highest BCUT2D eigenvalue weighted by molar-refractivity contribution is 9.10. The topological polar surface area (TPSA) is 29.3 Å². The molecule has 0 N–H and O–H groups in total. The van der Waals surface area contributed by atoms with Crippen molar-refractivity contribution < 1.29 is 4.42 Å². The maximum Gasteiger partial charge on any atom is 0.209 e. The van der Waals surface area contributed by atoms with Gasteiger partial charge in [-0.15, -0.1) is 12.8 Å². The molecule has 4 heteroatoms. The van der Waals surface area contributed by atoms with E-state index in [4.69, 9.17) is 17.3 Å². The summed E-state index contributed by atoms with van der Waals surface area (Å²) in [5, 5.41) is 0. The highest BCUT2D eigenvalue weighted by Crippen LogP contribution is 2.22. The molecule has 3 nitrogen and oxygen atoms in total. The van der Waals surface area contributed by atoms with Crippen LogP contribution in [0.25, 0.3) is 11.3 Å². The summed E-state index contributed by atoms with van der Waals surface area (Å²) >= 11 is 3.40. The van der Waals surface area contributed by atoms with Crippen LogP contribution in [0.4, 0.5) is 0 Å². The molecule has 2 aromatic rings. The first kappa shape index (κ1) is 14.4. The van der Waals surface area contributed by atoms with E-state index in [-0.39, 0.29) is 0 Å². The van der Waals surface area contributed by atoms with Crippen LogP contribution >= 0.6 is 15.9 Å². The lowest BCUT2D eigenvalue weighted by molar-refractivity contribution is 0.297. The number of halogens is 1. The maximum absolute atomic E-state index is 5.73. The molecule has 0 aliphatic rings. The Morgan fingerprint density at radius 2 is 1.80 bits per heavy atom. The molecule has 0 amide bonds. The summed E-state index contributed by atoms with van der Waals surface area (Å²) in [6, 6.07) is 7.85. The lowest BCUT2D eigenvalue weighted by Gasteiger charge is -2.13. The summed E-state index contributed by atoms with van der Waals surface area (Å²) in [7, 11) is 0. The van der Waals surface area contributed by atoms with Gasteiger partial charge in [-0.05, 0) is 12.1 Å². The van der Waals surface area contributed by atoms with E-state index in [9.17, 15) is 0 Å². The van der Waals surface area contributed by atoms with Crippen molar-refractivity contribution in [3.05, 3.63) is 40.8 Å². The van der Waals surface area contributed by atoms with Crippen LogP contribution in [-0.2, 0) is 6.54 Å². The summed E-state index contributed by atoms with van der Waals surface area (Å²) in [6.45, 7) is 1.45. The minimum atomic E-state index is 0.472. The molecule has 0 unspecified atom stereocenters. The van der Waals surface area contributed by atoms with E-state index >= 15 is 0 Å². The van der Waals surface area contributed by atoms with Crippen molar-refractivity contribution in [2.75, 3.05) is 13.1 Å². The fraction of sp³-hybridized carbons (Fsp3) is 0.188. The lowest BCUT2D eigenvalue weighted by atomic mass is 10.2. The Labute approximate surface area is 127 Å². The highest BCUT2D eigenvalue weighted by Gasteiger charge is 2.10. The average molecular weight is 329 g/mol. The molecular weight excluding hydrogens is 316 g/mol. The molecule has 0 aliphatic carbocycles. The van der Waals surface area contributed by atoms with Crippen molar-refractivity contribution in [1.82, 2.24) is 9.88 Å². The van der Waals surface area contributed by atoms with Gasteiger partial charge in [0.15, 0.2) is 5.76 Å². The molecule has 0 spiro atoms.